The van der Waals surface area contributed by atoms with Gasteiger partial charge in [-0.1, -0.05) is 54.2 Å². The van der Waals surface area contributed by atoms with Crippen molar-refractivity contribution < 1.29 is 14.3 Å². The van der Waals surface area contributed by atoms with Crippen LogP contribution in [0.5, 0.6) is 5.75 Å². The molecule has 0 spiro atoms. The zero-order chi connectivity index (χ0) is 20.9. The van der Waals surface area contributed by atoms with Crippen LogP contribution in [0.15, 0.2) is 65.8 Å². The van der Waals surface area contributed by atoms with Gasteiger partial charge >= 0.3 is 0 Å². The van der Waals surface area contributed by atoms with Crippen LogP contribution in [-0.4, -0.2) is 40.5 Å². The lowest BCUT2D eigenvalue weighted by molar-refractivity contribution is -0.118. The molecule has 8 nitrogen and oxygen atoms in total. The molecule has 4 rings (SSSR count). The first-order valence-corrected chi connectivity index (χ1v) is 10.5. The standard InChI is InChI=1S/C21H21N5O3S/c1-2-29-17-11-7-6-10-15(17)22-19(28)13-30-21-25-24-20-23-18(27)12-16(26(20)21)14-8-4-3-5-9-14/h3-12,20,24H,2,13H2,1H3,(H,22,28)(H,23,27). The third-order valence-corrected chi connectivity index (χ3v) is 5.37. The molecule has 0 aromatic heterocycles. The van der Waals surface area contributed by atoms with Gasteiger partial charge in [0, 0.05) is 6.08 Å². The maximum Gasteiger partial charge on any atom is 0.249 e. The third kappa shape index (κ3) is 4.25. The lowest BCUT2D eigenvalue weighted by atomic mass is 10.1. The fourth-order valence-corrected chi connectivity index (χ4v) is 3.94. The second-order valence-electron chi connectivity index (χ2n) is 6.47. The number of carbonyl (C=O) groups excluding carboxylic acids is 2. The molecular formula is C21H21N5O3S. The second-order valence-corrected chi connectivity index (χ2v) is 7.41. The van der Waals surface area contributed by atoms with Crippen LogP contribution in [0.25, 0.3) is 5.70 Å². The van der Waals surface area contributed by atoms with Crippen molar-refractivity contribution in [2.75, 3.05) is 17.7 Å². The molecule has 3 N–H and O–H groups in total. The minimum Gasteiger partial charge on any atom is -0.492 e. The fraction of sp³-hybridized carbons (Fsp3) is 0.190. The number of fused-ring (bicyclic) bond motifs is 1. The normalized spacial score (nSPS) is 17.3. The Balaban J connectivity index is 1.44. The van der Waals surface area contributed by atoms with E-state index in [4.69, 9.17) is 4.74 Å². The quantitative estimate of drug-likeness (QED) is 0.661. The number of amides is 2. The Labute approximate surface area is 178 Å². The van der Waals surface area contributed by atoms with Crippen molar-refractivity contribution in [3.05, 3.63) is 66.2 Å². The summed E-state index contributed by atoms with van der Waals surface area (Å²) >= 11 is 1.28. The number of nitrogens with one attached hydrogen (secondary N) is 3. The van der Waals surface area contributed by atoms with Crippen LogP contribution in [0, 0.1) is 0 Å². The summed E-state index contributed by atoms with van der Waals surface area (Å²) < 4.78 is 5.55. The van der Waals surface area contributed by atoms with Gasteiger partial charge in [-0.3, -0.25) is 19.9 Å². The maximum atomic E-state index is 12.5. The number of hydrogen-bond donors (Lipinski definition) is 3. The Morgan fingerprint density at radius 3 is 2.77 bits per heavy atom. The first-order chi connectivity index (χ1) is 14.7. The monoisotopic (exact) mass is 423 g/mol. The Hall–Kier alpha value is -3.46. The highest BCUT2D eigenvalue weighted by molar-refractivity contribution is 8.14. The van der Waals surface area contributed by atoms with E-state index in [0.29, 0.717) is 23.2 Å². The van der Waals surface area contributed by atoms with Crippen molar-refractivity contribution in [3.63, 3.8) is 0 Å². The smallest absolute Gasteiger partial charge is 0.249 e. The zero-order valence-electron chi connectivity index (χ0n) is 16.3. The molecule has 2 aliphatic heterocycles. The zero-order valence-corrected chi connectivity index (χ0v) is 17.1. The van der Waals surface area contributed by atoms with Crippen molar-refractivity contribution in [3.8, 4) is 5.75 Å². The lowest BCUT2D eigenvalue weighted by Crippen LogP contribution is -2.53. The van der Waals surface area contributed by atoms with E-state index in [1.165, 1.54) is 17.8 Å². The molecule has 0 saturated carbocycles. The molecule has 9 heteroatoms. The average molecular weight is 423 g/mol. The molecule has 0 saturated heterocycles. The first kappa shape index (κ1) is 19.8. The number of para-hydroxylation sites is 2. The number of nitrogens with zero attached hydrogens (tertiary/aromatic N) is 2. The van der Waals surface area contributed by atoms with Gasteiger partial charge in [0.15, 0.2) is 11.5 Å². The summed E-state index contributed by atoms with van der Waals surface area (Å²) in [5, 5.41) is 10.6. The van der Waals surface area contributed by atoms with E-state index < -0.39 is 6.29 Å². The van der Waals surface area contributed by atoms with Crippen molar-refractivity contribution in [1.29, 1.82) is 0 Å². The van der Waals surface area contributed by atoms with Crippen LogP contribution >= 0.6 is 11.8 Å². The molecule has 2 aromatic carbocycles. The number of thioether (sulfide) groups is 1. The number of rotatable bonds is 6. The van der Waals surface area contributed by atoms with Gasteiger partial charge in [-0.15, -0.1) is 0 Å². The molecule has 154 valence electrons. The largest absolute Gasteiger partial charge is 0.492 e. The Bertz CT molecular complexity index is 1010. The van der Waals surface area contributed by atoms with E-state index in [1.807, 2.05) is 60.4 Å². The molecular weight excluding hydrogens is 402 g/mol. The van der Waals surface area contributed by atoms with Gasteiger partial charge < -0.3 is 15.4 Å². The molecule has 0 fully saturated rings. The van der Waals surface area contributed by atoms with E-state index in [9.17, 15) is 9.59 Å². The van der Waals surface area contributed by atoms with Gasteiger partial charge in [-0.25, -0.2) is 0 Å². The van der Waals surface area contributed by atoms with Gasteiger partial charge in [0.25, 0.3) is 0 Å². The van der Waals surface area contributed by atoms with E-state index >= 15 is 0 Å². The molecule has 2 aliphatic rings. The summed E-state index contributed by atoms with van der Waals surface area (Å²) in [6.45, 7) is 2.41. The number of hydrazone groups is 1. The molecule has 1 unspecified atom stereocenters. The lowest BCUT2D eigenvalue weighted by Gasteiger charge is -2.32. The second kappa shape index (κ2) is 8.91. The number of ether oxygens (including phenoxy) is 1. The van der Waals surface area contributed by atoms with Gasteiger partial charge in [-0.2, -0.15) is 5.10 Å². The molecule has 0 aliphatic carbocycles. The number of carbonyl (C=O) groups is 2. The Kier molecular flexibility index (Phi) is 5.89. The SMILES string of the molecule is CCOc1ccccc1NC(=O)CSC1=NNC2NC(=O)C=C(c3ccccc3)N12. The van der Waals surface area contributed by atoms with E-state index in [-0.39, 0.29) is 17.6 Å². The summed E-state index contributed by atoms with van der Waals surface area (Å²) in [6.07, 6.45) is 1.05. The Morgan fingerprint density at radius 1 is 1.20 bits per heavy atom. The van der Waals surface area contributed by atoms with Crippen molar-refractivity contribution in [2.45, 2.75) is 13.2 Å². The first-order valence-electron chi connectivity index (χ1n) is 9.50. The van der Waals surface area contributed by atoms with Crippen LogP contribution in [0.1, 0.15) is 12.5 Å². The number of amidine groups is 1. The average Bonchev–Trinajstić information content (AvgIpc) is 3.16. The van der Waals surface area contributed by atoms with Crippen LogP contribution in [0.3, 0.4) is 0 Å². The molecule has 0 bridgehead atoms. The predicted octanol–water partition coefficient (Wildman–Crippen LogP) is 2.39. The number of benzene rings is 2. The molecule has 2 amide bonds. The third-order valence-electron chi connectivity index (χ3n) is 4.42. The molecule has 30 heavy (non-hydrogen) atoms. The van der Waals surface area contributed by atoms with Crippen molar-refractivity contribution in [1.82, 2.24) is 15.6 Å². The van der Waals surface area contributed by atoms with Crippen molar-refractivity contribution in [2.24, 2.45) is 5.10 Å². The van der Waals surface area contributed by atoms with Gasteiger partial charge in [0.1, 0.15) is 5.75 Å². The minimum absolute atomic E-state index is 0.153. The topological polar surface area (TPSA) is 95.1 Å². The molecule has 2 heterocycles. The van der Waals surface area contributed by atoms with E-state index in [2.05, 4.69) is 21.2 Å². The van der Waals surface area contributed by atoms with Gasteiger partial charge in [0.2, 0.25) is 11.8 Å². The number of hydrogen-bond acceptors (Lipinski definition) is 7. The molecule has 1 atom stereocenters. The highest BCUT2D eigenvalue weighted by Gasteiger charge is 2.36. The van der Waals surface area contributed by atoms with E-state index in [0.717, 1.165) is 11.3 Å². The molecule has 0 radical (unpaired) electrons. The maximum absolute atomic E-state index is 12.5. The summed E-state index contributed by atoms with van der Waals surface area (Å²) in [6, 6.07) is 16.9. The fourth-order valence-electron chi connectivity index (χ4n) is 3.15. The highest BCUT2D eigenvalue weighted by atomic mass is 32.2. The van der Waals surface area contributed by atoms with E-state index in [1.54, 1.807) is 6.07 Å². The summed E-state index contributed by atoms with van der Waals surface area (Å²) in [5.74, 6) is 0.408. The predicted molar refractivity (Wildman–Crippen MR) is 117 cm³/mol. The highest BCUT2D eigenvalue weighted by Crippen LogP contribution is 2.30. The summed E-state index contributed by atoms with van der Waals surface area (Å²) in [4.78, 5) is 26.5. The summed E-state index contributed by atoms with van der Waals surface area (Å²) in [7, 11) is 0. The van der Waals surface area contributed by atoms with Gasteiger partial charge in [-0.05, 0) is 24.6 Å². The molecule has 2 aromatic rings. The summed E-state index contributed by atoms with van der Waals surface area (Å²) in [5.41, 5.74) is 5.15. The Morgan fingerprint density at radius 2 is 1.97 bits per heavy atom. The van der Waals surface area contributed by atoms with Crippen LogP contribution in [0.4, 0.5) is 5.69 Å². The van der Waals surface area contributed by atoms with Crippen LogP contribution in [0.2, 0.25) is 0 Å². The minimum atomic E-state index is -0.484. The van der Waals surface area contributed by atoms with Crippen LogP contribution in [-0.2, 0) is 9.59 Å². The van der Waals surface area contributed by atoms with Crippen molar-refractivity contribution >= 4 is 40.1 Å². The van der Waals surface area contributed by atoms with Crippen LogP contribution < -0.4 is 20.8 Å². The van der Waals surface area contributed by atoms with Gasteiger partial charge in [0.05, 0.1) is 23.7 Å². The number of anilines is 1.